The van der Waals surface area contributed by atoms with Gasteiger partial charge in [-0.25, -0.2) is 0 Å². The van der Waals surface area contributed by atoms with Crippen LogP contribution in [0.2, 0.25) is 0 Å². The van der Waals surface area contributed by atoms with Gasteiger partial charge < -0.3 is 10.6 Å². The van der Waals surface area contributed by atoms with Gasteiger partial charge in [-0.3, -0.25) is 4.79 Å². The highest BCUT2D eigenvalue weighted by Crippen LogP contribution is 2.18. The largest absolute Gasteiger partial charge is 0.348 e. The molecule has 0 saturated heterocycles. The van der Waals surface area contributed by atoms with Crippen LogP contribution in [0.15, 0.2) is 18.2 Å². The summed E-state index contributed by atoms with van der Waals surface area (Å²) < 4.78 is 0. The van der Waals surface area contributed by atoms with Crippen LogP contribution in [-0.2, 0) is 4.79 Å². The van der Waals surface area contributed by atoms with Crippen molar-refractivity contribution in [3.05, 3.63) is 34.9 Å². The van der Waals surface area contributed by atoms with Gasteiger partial charge >= 0.3 is 0 Å². The molecule has 3 nitrogen and oxygen atoms in total. The topological polar surface area (TPSA) is 41.1 Å². The second kappa shape index (κ2) is 5.66. The van der Waals surface area contributed by atoms with E-state index in [9.17, 15) is 4.79 Å². The number of amides is 1. The van der Waals surface area contributed by atoms with Gasteiger partial charge in [0.05, 0.1) is 12.6 Å². The summed E-state index contributed by atoms with van der Waals surface area (Å²) in [6.45, 7) is 6.49. The van der Waals surface area contributed by atoms with Crippen molar-refractivity contribution >= 4 is 5.91 Å². The third-order valence-electron chi connectivity index (χ3n) is 2.62. The quantitative estimate of drug-likeness (QED) is 0.811. The maximum absolute atomic E-state index is 11.4. The van der Waals surface area contributed by atoms with E-state index < -0.39 is 0 Å². The zero-order chi connectivity index (χ0) is 12.1. The highest BCUT2D eigenvalue weighted by Gasteiger charge is 2.10. The lowest BCUT2D eigenvalue weighted by Gasteiger charge is -2.17. The SMILES string of the molecule is CNCC(=O)NC(C)c1cc(C)ccc1C. The van der Waals surface area contributed by atoms with Crippen molar-refractivity contribution in [2.24, 2.45) is 0 Å². The molecule has 3 heteroatoms. The Morgan fingerprint density at radius 1 is 1.38 bits per heavy atom. The van der Waals surface area contributed by atoms with Gasteiger partial charge in [0.1, 0.15) is 0 Å². The van der Waals surface area contributed by atoms with Gasteiger partial charge in [-0.05, 0) is 38.9 Å². The first-order valence-corrected chi connectivity index (χ1v) is 5.55. The summed E-state index contributed by atoms with van der Waals surface area (Å²) >= 11 is 0. The molecule has 0 aliphatic carbocycles. The Hall–Kier alpha value is -1.35. The Bertz CT molecular complexity index is 374. The van der Waals surface area contributed by atoms with E-state index in [0.717, 1.165) is 0 Å². The molecule has 0 saturated carbocycles. The summed E-state index contributed by atoms with van der Waals surface area (Å²) in [5.74, 6) is 0.0240. The minimum absolute atomic E-state index is 0.0240. The van der Waals surface area contributed by atoms with Crippen molar-refractivity contribution in [3.8, 4) is 0 Å². The zero-order valence-corrected chi connectivity index (χ0v) is 10.4. The van der Waals surface area contributed by atoms with Crippen LogP contribution < -0.4 is 10.6 Å². The van der Waals surface area contributed by atoms with E-state index in [2.05, 4.69) is 42.7 Å². The van der Waals surface area contributed by atoms with Crippen molar-refractivity contribution in [1.82, 2.24) is 10.6 Å². The molecule has 0 radical (unpaired) electrons. The molecule has 16 heavy (non-hydrogen) atoms. The minimum Gasteiger partial charge on any atom is -0.348 e. The van der Waals surface area contributed by atoms with Gasteiger partial charge in [0, 0.05) is 0 Å². The molecule has 0 aliphatic heterocycles. The molecule has 1 aromatic carbocycles. The van der Waals surface area contributed by atoms with Crippen molar-refractivity contribution in [2.75, 3.05) is 13.6 Å². The van der Waals surface area contributed by atoms with Gasteiger partial charge in [-0.2, -0.15) is 0 Å². The van der Waals surface area contributed by atoms with Crippen molar-refractivity contribution in [1.29, 1.82) is 0 Å². The van der Waals surface area contributed by atoms with Gasteiger partial charge in [0.25, 0.3) is 0 Å². The van der Waals surface area contributed by atoms with Crippen LogP contribution >= 0.6 is 0 Å². The third kappa shape index (κ3) is 3.35. The smallest absolute Gasteiger partial charge is 0.234 e. The maximum Gasteiger partial charge on any atom is 0.234 e. The van der Waals surface area contributed by atoms with Crippen LogP contribution in [0.3, 0.4) is 0 Å². The number of hydrogen-bond donors (Lipinski definition) is 2. The van der Waals surface area contributed by atoms with Gasteiger partial charge in [-0.15, -0.1) is 0 Å². The molecule has 1 aromatic rings. The van der Waals surface area contributed by atoms with Crippen LogP contribution in [0, 0.1) is 13.8 Å². The molecule has 2 N–H and O–H groups in total. The van der Waals surface area contributed by atoms with Gasteiger partial charge in [0.15, 0.2) is 0 Å². The van der Waals surface area contributed by atoms with E-state index in [-0.39, 0.29) is 11.9 Å². The summed E-state index contributed by atoms with van der Waals surface area (Å²) in [5, 5.41) is 5.80. The predicted octanol–water partition coefficient (Wildman–Crippen LogP) is 1.70. The number of rotatable bonds is 4. The van der Waals surface area contributed by atoms with E-state index in [1.165, 1.54) is 16.7 Å². The predicted molar refractivity (Wildman–Crippen MR) is 66.4 cm³/mol. The lowest BCUT2D eigenvalue weighted by Crippen LogP contribution is -2.34. The van der Waals surface area contributed by atoms with E-state index in [4.69, 9.17) is 0 Å². The molecule has 1 atom stereocenters. The van der Waals surface area contributed by atoms with Crippen molar-refractivity contribution in [3.63, 3.8) is 0 Å². The normalized spacial score (nSPS) is 12.2. The number of likely N-dealkylation sites (N-methyl/N-ethyl adjacent to an activating group) is 1. The van der Waals surface area contributed by atoms with Crippen molar-refractivity contribution in [2.45, 2.75) is 26.8 Å². The second-order valence-electron chi connectivity index (χ2n) is 4.18. The summed E-state index contributed by atoms with van der Waals surface area (Å²) in [5.41, 5.74) is 3.61. The molecule has 88 valence electrons. The van der Waals surface area contributed by atoms with Crippen LogP contribution in [0.5, 0.6) is 0 Å². The van der Waals surface area contributed by atoms with Gasteiger partial charge in [0.2, 0.25) is 5.91 Å². The Kier molecular flexibility index (Phi) is 4.50. The van der Waals surface area contributed by atoms with E-state index >= 15 is 0 Å². The molecular formula is C13H20N2O. The number of carbonyl (C=O) groups is 1. The molecule has 0 aromatic heterocycles. The first-order valence-electron chi connectivity index (χ1n) is 5.55. The van der Waals surface area contributed by atoms with Crippen LogP contribution in [0.1, 0.15) is 29.7 Å². The number of hydrogen-bond acceptors (Lipinski definition) is 2. The van der Waals surface area contributed by atoms with Crippen LogP contribution in [0.4, 0.5) is 0 Å². The Morgan fingerprint density at radius 3 is 2.69 bits per heavy atom. The Labute approximate surface area is 97.2 Å². The standard InChI is InChI=1S/C13H20N2O/c1-9-5-6-10(2)12(7-9)11(3)15-13(16)8-14-4/h5-7,11,14H,8H2,1-4H3,(H,15,16). The first kappa shape index (κ1) is 12.7. The number of benzene rings is 1. The first-order chi connectivity index (χ1) is 7.54. The highest BCUT2D eigenvalue weighted by atomic mass is 16.1. The number of nitrogens with one attached hydrogen (secondary N) is 2. The Morgan fingerprint density at radius 2 is 2.06 bits per heavy atom. The second-order valence-corrected chi connectivity index (χ2v) is 4.18. The third-order valence-corrected chi connectivity index (χ3v) is 2.62. The van der Waals surface area contributed by atoms with E-state index in [1.807, 2.05) is 6.92 Å². The molecule has 1 amide bonds. The molecule has 0 spiro atoms. The molecule has 0 heterocycles. The monoisotopic (exact) mass is 220 g/mol. The molecule has 1 rings (SSSR count). The summed E-state index contributed by atoms with van der Waals surface area (Å²) in [6, 6.07) is 6.35. The van der Waals surface area contributed by atoms with Crippen molar-refractivity contribution < 1.29 is 4.79 Å². The fraction of sp³-hybridized carbons (Fsp3) is 0.462. The summed E-state index contributed by atoms with van der Waals surface area (Å²) in [6.07, 6.45) is 0. The molecule has 0 bridgehead atoms. The maximum atomic E-state index is 11.4. The van der Waals surface area contributed by atoms with E-state index in [0.29, 0.717) is 6.54 Å². The molecular weight excluding hydrogens is 200 g/mol. The summed E-state index contributed by atoms with van der Waals surface area (Å²) in [4.78, 5) is 11.4. The zero-order valence-electron chi connectivity index (χ0n) is 10.4. The fourth-order valence-corrected chi connectivity index (χ4v) is 1.76. The van der Waals surface area contributed by atoms with Gasteiger partial charge in [-0.1, -0.05) is 23.8 Å². The van der Waals surface area contributed by atoms with Crippen LogP contribution in [0.25, 0.3) is 0 Å². The average Bonchev–Trinajstić information content (AvgIpc) is 2.21. The Balaban J connectivity index is 2.76. The fourth-order valence-electron chi connectivity index (χ4n) is 1.76. The highest BCUT2D eigenvalue weighted by molar-refractivity contribution is 5.78. The van der Waals surface area contributed by atoms with Crippen LogP contribution in [-0.4, -0.2) is 19.5 Å². The lowest BCUT2D eigenvalue weighted by atomic mass is 10.00. The average molecular weight is 220 g/mol. The summed E-state index contributed by atoms with van der Waals surface area (Å²) in [7, 11) is 1.77. The lowest BCUT2D eigenvalue weighted by molar-refractivity contribution is -0.120. The number of aryl methyl sites for hydroxylation is 2. The molecule has 0 aliphatic rings. The minimum atomic E-state index is 0.0240. The van der Waals surface area contributed by atoms with E-state index in [1.54, 1.807) is 7.05 Å². The molecule has 0 fully saturated rings. The number of carbonyl (C=O) groups excluding carboxylic acids is 1. The molecule has 1 unspecified atom stereocenters.